The second-order valence-electron chi connectivity index (χ2n) is 14.5. The Morgan fingerprint density at radius 1 is 1.00 bits per heavy atom. The van der Waals surface area contributed by atoms with Gasteiger partial charge < -0.3 is 41.4 Å². The number of aromatic nitrogens is 2. The van der Waals surface area contributed by atoms with E-state index in [1.807, 2.05) is 0 Å². The molecule has 1 aliphatic carbocycles. The van der Waals surface area contributed by atoms with E-state index in [0.717, 1.165) is 5.56 Å². The highest BCUT2D eigenvalue weighted by Crippen LogP contribution is 2.46. The lowest BCUT2D eigenvalue weighted by molar-refractivity contribution is -0.172. The van der Waals surface area contributed by atoms with E-state index in [1.54, 1.807) is 19.9 Å². The van der Waals surface area contributed by atoms with Crippen LogP contribution in [0.4, 0.5) is 4.39 Å². The molecule has 17 heteroatoms. The summed E-state index contributed by atoms with van der Waals surface area (Å²) >= 11 is 0. The summed E-state index contributed by atoms with van der Waals surface area (Å²) in [6, 6.07) is -0.872. The van der Waals surface area contributed by atoms with Gasteiger partial charge >= 0.3 is 5.97 Å². The van der Waals surface area contributed by atoms with E-state index >= 15 is 4.39 Å². The van der Waals surface area contributed by atoms with Crippen molar-refractivity contribution in [2.45, 2.75) is 116 Å². The minimum atomic E-state index is -2.04. The number of hydrogen-bond donors (Lipinski definition) is 6. The van der Waals surface area contributed by atoms with Gasteiger partial charge in [0.25, 0.3) is 5.56 Å². The molecule has 5 atom stereocenters. The van der Waals surface area contributed by atoms with Gasteiger partial charge in [-0.1, -0.05) is 6.92 Å². The second kappa shape index (κ2) is 14.8. The Kier molecular flexibility index (Phi) is 10.5. The van der Waals surface area contributed by atoms with Crippen LogP contribution < -0.4 is 32.6 Å². The summed E-state index contributed by atoms with van der Waals surface area (Å²) < 4.78 is 21.9. The van der Waals surface area contributed by atoms with Crippen molar-refractivity contribution in [1.29, 1.82) is 0 Å². The number of hydrogen-bond acceptors (Lipinski definition) is 10. The van der Waals surface area contributed by atoms with Gasteiger partial charge in [0, 0.05) is 35.4 Å². The molecule has 0 fully saturated rings. The first-order valence-electron chi connectivity index (χ1n) is 18.3. The van der Waals surface area contributed by atoms with Gasteiger partial charge in [-0.3, -0.25) is 28.8 Å². The van der Waals surface area contributed by atoms with Crippen LogP contribution in [0, 0.1) is 12.7 Å². The third-order valence-electron chi connectivity index (χ3n) is 10.8. The summed E-state index contributed by atoms with van der Waals surface area (Å²) in [6.07, 6.45) is 0.994. The van der Waals surface area contributed by atoms with Crippen LogP contribution in [0.5, 0.6) is 0 Å². The highest BCUT2D eigenvalue weighted by atomic mass is 19.1. The molecule has 3 aliphatic rings. The summed E-state index contributed by atoms with van der Waals surface area (Å²) in [5.74, 6) is -4.15. The highest BCUT2D eigenvalue weighted by molar-refractivity contribution is 5.96. The quantitative estimate of drug-likeness (QED) is 0.111. The molecule has 2 aromatic heterocycles. The number of esters is 1. The first kappa shape index (κ1) is 39.0. The smallest absolute Gasteiger partial charge is 0.343 e. The first-order valence-corrected chi connectivity index (χ1v) is 18.3. The fraction of sp³-hybridized carbons (Fsp3) is 0.474. The fourth-order valence-electron chi connectivity index (χ4n) is 7.61. The van der Waals surface area contributed by atoms with Crippen LogP contribution in [0.1, 0.15) is 99.2 Å². The van der Waals surface area contributed by atoms with Crippen LogP contribution in [0.2, 0.25) is 0 Å². The molecule has 0 spiro atoms. The van der Waals surface area contributed by atoms with Gasteiger partial charge in [-0.25, -0.2) is 14.2 Å². The van der Waals surface area contributed by atoms with E-state index in [9.17, 15) is 38.7 Å². The van der Waals surface area contributed by atoms with Gasteiger partial charge in [0.2, 0.25) is 29.5 Å². The Labute approximate surface area is 314 Å². The van der Waals surface area contributed by atoms with E-state index in [1.165, 1.54) is 31.4 Å². The third kappa shape index (κ3) is 7.03. The number of nitrogens with zero attached hydrogens (tertiary/aromatic N) is 2. The summed E-state index contributed by atoms with van der Waals surface area (Å²) in [7, 11) is 0. The maximum atomic E-state index is 15.3. The Morgan fingerprint density at radius 2 is 1.65 bits per heavy atom. The number of carbonyl (C=O) groups excluding carboxylic acids is 6. The number of rotatable bonds is 12. The van der Waals surface area contributed by atoms with Crippen LogP contribution in [0.15, 0.2) is 16.9 Å². The molecule has 2 aliphatic heterocycles. The number of halogens is 1. The molecule has 0 unspecified atom stereocenters. The molecule has 5 amide bonds. The lowest BCUT2D eigenvalue weighted by Gasteiger charge is -2.31. The predicted octanol–water partition coefficient (Wildman–Crippen LogP) is 0.800. The van der Waals surface area contributed by atoms with Crippen LogP contribution >= 0.6 is 0 Å². The molecule has 0 bridgehead atoms. The maximum Gasteiger partial charge on any atom is 0.343 e. The summed E-state index contributed by atoms with van der Waals surface area (Å²) in [4.78, 5) is 93.8. The molecule has 3 aromatic rings. The molecule has 55 heavy (non-hydrogen) atoms. The number of pyridine rings is 2. The lowest BCUT2D eigenvalue weighted by atomic mass is 9.81. The van der Waals surface area contributed by atoms with E-state index in [2.05, 4.69) is 21.3 Å². The normalized spacial score (nSPS) is 19.5. The summed E-state index contributed by atoms with van der Waals surface area (Å²) in [6.45, 7) is 7.39. The Bertz CT molecular complexity index is 2240. The number of fused-ring (bicyclic) bond motifs is 5. The molecule has 7 N–H and O–H groups in total. The van der Waals surface area contributed by atoms with Crippen LogP contribution in [-0.4, -0.2) is 68.3 Å². The van der Waals surface area contributed by atoms with Gasteiger partial charge in [0.15, 0.2) is 5.60 Å². The zero-order chi connectivity index (χ0) is 40.1. The number of carbonyl (C=O) groups is 6. The molecular weight excluding hydrogens is 717 g/mol. The number of aliphatic hydroxyl groups is 1. The topological polar surface area (TPSA) is 241 Å². The van der Waals surface area contributed by atoms with Gasteiger partial charge in [0.1, 0.15) is 30.5 Å². The average Bonchev–Trinajstić information content (AvgIpc) is 3.50. The molecular formula is C38H44FN7O9. The lowest BCUT2D eigenvalue weighted by Crippen LogP contribution is -2.54. The van der Waals surface area contributed by atoms with Crippen LogP contribution in [0.25, 0.3) is 22.3 Å². The average molecular weight is 762 g/mol. The van der Waals surface area contributed by atoms with Crippen molar-refractivity contribution in [2.24, 2.45) is 5.73 Å². The molecule has 1 aromatic carbocycles. The van der Waals surface area contributed by atoms with Gasteiger partial charge in [-0.05, 0) is 76.1 Å². The van der Waals surface area contributed by atoms with Crippen molar-refractivity contribution in [2.75, 3.05) is 0 Å². The van der Waals surface area contributed by atoms with Crippen LogP contribution in [0.3, 0.4) is 0 Å². The largest absolute Gasteiger partial charge is 0.458 e. The number of cyclic esters (lactones) is 1. The molecule has 292 valence electrons. The van der Waals surface area contributed by atoms with E-state index in [-0.39, 0.29) is 50.0 Å². The number of benzene rings is 1. The van der Waals surface area contributed by atoms with Crippen molar-refractivity contribution < 1.29 is 43.0 Å². The number of aryl methyl sites for hydroxylation is 1. The molecule has 0 saturated heterocycles. The number of nitrogens with two attached hydrogens (primary N) is 1. The third-order valence-corrected chi connectivity index (χ3v) is 10.8. The predicted molar refractivity (Wildman–Crippen MR) is 194 cm³/mol. The molecule has 6 rings (SSSR count). The molecule has 0 saturated carbocycles. The van der Waals surface area contributed by atoms with Crippen molar-refractivity contribution in [3.8, 4) is 11.4 Å². The fourth-order valence-corrected chi connectivity index (χ4v) is 7.61. The maximum absolute atomic E-state index is 15.3. The number of nitrogens with one attached hydrogen (secondary N) is 4. The van der Waals surface area contributed by atoms with Crippen LogP contribution in [-0.2, 0) is 58.7 Å². The van der Waals surface area contributed by atoms with Gasteiger partial charge in [0.05, 0.1) is 35.1 Å². The minimum Gasteiger partial charge on any atom is -0.458 e. The number of primary amides is 1. The van der Waals surface area contributed by atoms with Crippen molar-refractivity contribution in [1.82, 2.24) is 30.8 Å². The summed E-state index contributed by atoms with van der Waals surface area (Å²) in [5.41, 5.74) is 6.34. The molecule has 0 radical (unpaired) electrons. The minimum absolute atomic E-state index is 0.00563. The summed E-state index contributed by atoms with van der Waals surface area (Å²) in [5, 5.41) is 22.6. The Hall–Kier alpha value is -5.71. The monoisotopic (exact) mass is 761 g/mol. The van der Waals surface area contributed by atoms with Crippen molar-refractivity contribution in [3.05, 3.63) is 61.7 Å². The van der Waals surface area contributed by atoms with Gasteiger partial charge in [-0.15, -0.1) is 0 Å². The first-order chi connectivity index (χ1) is 26.0. The second-order valence-corrected chi connectivity index (χ2v) is 14.5. The SMILES string of the molecule is CC[C@@]1(O)C(=O)OCc2c1cc1n(c2=O)Cc2c-1nc1cc(F)c(C)c3c1c2[C@@H](NC(=O)[C@H](C)NC(=O)[C@H](C)NC(=O)[C@H](C)NC(=O)CCCC(N)=O)CC3. The zero-order valence-electron chi connectivity index (χ0n) is 31.2. The Morgan fingerprint density at radius 3 is 2.31 bits per heavy atom. The molecule has 4 heterocycles. The van der Waals surface area contributed by atoms with Crippen molar-refractivity contribution >= 4 is 46.4 Å². The Balaban J connectivity index is 1.23. The van der Waals surface area contributed by atoms with E-state index in [0.29, 0.717) is 51.8 Å². The number of ether oxygens (including phenoxy) is 1. The zero-order valence-corrected chi connectivity index (χ0v) is 31.2. The van der Waals surface area contributed by atoms with E-state index in [4.69, 9.17) is 15.5 Å². The van der Waals surface area contributed by atoms with Gasteiger partial charge in [-0.2, -0.15) is 0 Å². The molecule has 16 nitrogen and oxygen atoms in total. The number of amides is 5. The van der Waals surface area contributed by atoms with Crippen molar-refractivity contribution in [3.63, 3.8) is 0 Å². The van der Waals surface area contributed by atoms with E-state index < -0.39 is 76.7 Å². The highest BCUT2D eigenvalue weighted by Gasteiger charge is 2.46. The standard InChI is InChI=1S/C38H44FN7O9/c1-6-38(54)23-12-27-32-21(14-46(27)36(52)22(23)15-55-37(38)53)31-25(11-10-20-16(2)24(39)13-26(44-32)30(20)31)45-35(51)19(5)43-34(50)18(4)42-33(49)17(3)41-29(48)9-7-8-28(40)47/h12-13,17-19,25,54H,6-11,14-15H2,1-5H3,(H2,40,47)(H,41,48)(H,42,49)(H,43,50)(H,45,51)/t17-,18-,19-,25-,38-/m0/s1.